The van der Waals surface area contributed by atoms with Gasteiger partial charge in [-0.25, -0.2) is 13.8 Å². The van der Waals surface area contributed by atoms with Crippen LogP contribution in [0.3, 0.4) is 0 Å². The number of aromatic nitrogens is 6. The van der Waals surface area contributed by atoms with Crippen molar-refractivity contribution >= 4 is 11.9 Å². The van der Waals surface area contributed by atoms with E-state index in [1.54, 1.807) is 30.7 Å². The number of fused-ring (bicyclic) bond motifs is 6. The molecule has 0 aliphatic heterocycles. The molecule has 7 atom stereocenters. The number of rotatable bonds is 5. The Hall–Kier alpha value is -4.02. The van der Waals surface area contributed by atoms with Gasteiger partial charge < -0.3 is 10.2 Å². The van der Waals surface area contributed by atoms with Gasteiger partial charge in [0, 0.05) is 23.4 Å². The zero-order valence-corrected chi connectivity index (χ0v) is 25.5. The van der Waals surface area contributed by atoms with Crippen molar-refractivity contribution in [2.24, 2.45) is 28.6 Å². The zero-order valence-electron chi connectivity index (χ0n) is 25.5. The molecular weight excluding hydrogens is 571 g/mol. The third kappa shape index (κ3) is 4.14. The predicted molar refractivity (Wildman–Crippen MR) is 164 cm³/mol. The maximum absolute atomic E-state index is 13.9. The van der Waals surface area contributed by atoms with Crippen LogP contribution in [-0.4, -0.2) is 57.5 Å². The number of pyridine rings is 1. The molecule has 0 bridgehead atoms. The first-order chi connectivity index (χ1) is 21.6. The summed E-state index contributed by atoms with van der Waals surface area (Å²) in [5.74, 6) is -0.258. The number of aliphatic hydroxyl groups is 2. The third-order valence-corrected chi connectivity index (χ3v) is 11.9. The van der Waals surface area contributed by atoms with Crippen molar-refractivity contribution in [2.75, 3.05) is 0 Å². The smallest absolute Gasteiger partial charge is 0.186 e. The molecule has 4 aromatic rings. The van der Waals surface area contributed by atoms with E-state index in [0.717, 1.165) is 48.2 Å². The Morgan fingerprint density at radius 2 is 1.96 bits per heavy atom. The summed E-state index contributed by atoms with van der Waals surface area (Å²) in [6, 6.07) is 10.1. The van der Waals surface area contributed by atoms with E-state index in [9.17, 15) is 19.4 Å². The Balaban J connectivity index is 1.06. The van der Waals surface area contributed by atoms with E-state index in [-0.39, 0.29) is 41.3 Å². The van der Waals surface area contributed by atoms with E-state index >= 15 is 0 Å². The molecule has 3 heterocycles. The van der Waals surface area contributed by atoms with Gasteiger partial charge in [-0.2, -0.15) is 5.10 Å². The van der Waals surface area contributed by atoms with Gasteiger partial charge in [-0.15, -0.1) is 5.10 Å². The van der Waals surface area contributed by atoms with Gasteiger partial charge in [0.2, 0.25) is 0 Å². The van der Waals surface area contributed by atoms with Gasteiger partial charge in [0.1, 0.15) is 23.7 Å². The average molecular weight is 609 g/mol. The topological polar surface area (TPSA) is 119 Å². The Kier molecular flexibility index (Phi) is 6.32. The van der Waals surface area contributed by atoms with Gasteiger partial charge >= 0.3 is 0 Å². The maximum Gasteiger partial charge on any atom is 0.186 e. The summed E-state index contributed by atoms with van der Waals surface area (Å²) < 4.78 is 17.0. The third-order valence-electron chi connectivity index (χ3n) is 11.9. The first-order valence-corrected chi connectivity index (χ1v) is 15.9. The van der Waals surface area contributed by atoms with Crippen LogP contribution in [0.1, 0.15) is 57.2 Å². The van der Waals surface area contributed by atoms with E-state index < -0.39 is 17.1 Å². The maximum atomic E-state index is 13.9. The van der Waals surface area contributed by atoms with Crippen LogP contribution in [0, 0.1) is 34.4 Å². The molecule has 0 radical (unpaired) electrons. The SMILES string of the molecule is CC12Cc3cnn(-c4ccc(F)cc4)c3C=C1CCC1C2C(O)CC2(C)C1CCC2(O)C(=O)Cn1cc(-c2cccnc2)nn1. The van der Waals surface area contributed by atoms with Crippen LogP contribution in [0.15, 0.2) is 66.8 Å². The second-order valence-corrected chi connectivity index (χ2v) is 14.1. The first-order valence-electron chi connectivity index (χ1n) is 15.9. The standard InChI is InChI=1S/C35H37FN6O3/c1-33-15-22-18-38-42(25-8-6-24(36)7-9-25)29(22)14-23(33)5-10-26-27-11-12-35(45,34(27,2)16-30(43)32(26)33)31(44)20-41-19-28(39-40-41)21-4-3-13-37-17-21/h3-4,6-9,13-14,17-19,26-27,30,32,43,45H,5,10-12,15-16,20H2,1-2H3. The minimum Gasteiger partial charge on any atom is -0.393 e. The molecule has 10 heteroatoms. The number of benzene rings is 1. The van der Waals surface area contributed by atoms with Crippen molar-refractivity contribution < 1.29 is 19.4 Å². The number of nitrogens with zero attached hydrogens (tertiary/aromatic N) is 6. The van der Waals surface area contributed by atoms with Crippen LogP contribution in [-0.2, 0) is 17.8 Å². The Morgan fingerprint density at radius 1 is 1.13 bits per heavy atom. The number of allylic oxidation sites excluding steroid dienone is 1. The molecule has 7 unspecified atom stereocenters. The normalized spacial score (nSPS) is 33.5. The van der Waals surface area contributed by atoms with Gasteiger partial charge in [0.25, 0.3) is 0 Å². The molecule has 9 nitrogen and oxygen atoms in total. The van der Waals surface area contributed by atoms with Gasteiger partial charge in [-0.3, -0.25) is 9.78 Å². The van der Waals surface area contributed by atoms with Crippen LogP contribution in [0.2, 0.25) is 0 Å². The fourth-order valence-electron chi connectivity index (χ4n) is 9.74. The van der Waals surface area contributed by atoms with Crippen molar-refractivity contribution in [1.29, 1.82) is 0 Å². The van der Waals surface area contributed by atoms with Crippen LogP contribution in [0.25, 0.3) is 23.0 Å². The summed E-state index contributed by atoms with van der Waals surface area (Å²) >= 11 is 0. The summed E-state index contributed by atoms with van der Waals surface area (Å²) in [6.07, 6.45) is 12.6. The van der Waals surface area contributed by atoms with Crippen LogP contribution < -0.4 is 0 Å². The fourth-order valence-corrected chi connectivity index (χ4v) is 9.74. The van der Waals surface area contributed by atoms with Gasteiger partial charge in [-0.05, 0) is 110 Å². The molecule has 3 aromatic heterocycles. The largest absolute Gasteiger partial charge is 0.393 e. The Morgan fingerprint density at radius 3 is 2.73 bits per heavy atom. The Labute approximate surface area is 260 Å². The molecule has 4 aliphatic rings. The number of ketones is 1. The molecular formula is C35H37FN6O3. The lowest BCUT2D eigenvalue weighted by molar-refractivity contribution is -0.180. The van der Waals surface area contributed by atoms with E-state index in [1.807, 2.05) is 29.9 Å². The molecule has 2 N–H and O–H groups in total. The van der Waals surface area contributed by atoms with E-state index in [0.29, 0.717) is 18.5 Å². The van der Waals surface area contributed by atoms with Crippen LogP contribution >= 0.6 is 0 Å². The highest BCUT2D eigenvalue weighted by Crippen LogP contribution is 2.67. The minimum atomic E-state index is -1.56. The number of Topliss-reactive ketones (excluding diaryl/α,β-unsaturated/α-hetero) is 1. The molecule has 8 rings (SSSR count). The highest BCUT2D eigenvalue weighted by atomic mass is 19.1. The molecule has 45 heavy (non-hydrogen) atoms. The Bertz CT molecular complexity index is 1820. The highest BCUT2D eigenvalue weighted by Gasteiger charge is 2.68. The first kappa shape index (κ1) is 28.5. The van der Waals surface area contributed by atoms with Crippen LogP contribution in [0.4, 0.5) is 4.39 Å². The fraction of sp³-hybridized carbons (Fsp3) is 0.457. The van der Waals surface area contributed by atoms with Crippen LogP contribution in [0.5, 0.6) is 0 Å². The number of carbonyl (C=O) groups excluding carboxylic acids is 1. The number of carbonyl (C=O) groups is 1. The lowest BCUT2D eigenvalue weighted by Crippen LogP contribution is -2.62. The van der Waals surface area contributed by atoms with Gasteiger partial charge in [0.05, 0.1) is 29.9 Å². The van der Waals surface area contributed by atoms with Crippen molar-refractivity contribution in [3.63, 3.8) is 0 Å². The quantitative estimate of drug-likeness (QED) is 0.334. The molecule has 3 fully saturated rings. The van der Waals surface area contributed by atoms with Crippen molar-refractivity contribution in [2.45, 2.75) is 70.6 Å². The molecule has 3 saturated carbocycles. The van der Waals surface area contributed by atoms with Crippen molar-refractivity contribution in [3.05, 3.63) is 83.8 Å². The van der Waals surface area contributed by atoms with Crippen molar-refractivity contribution in [1.82, 2.24) is 29.8 Å². The van der Waals surface area contributed by atoms with Crippen molar-refractivity contribution in [3.8, 4) is 16.9 Å². The van der Waals surface area contributed by atoms with Gasteiger partial charge in [0.15, 0.2) is 5.78 Å². The molecule has 4 aliphatic carbocycles. The second-order valence-electron chi connectivity index (χ2n) is 14.1. The van der Waals surface area contributed by atoms with E-state index in [1.165, 1.54) is 22.4 Å². The monoisotopic (exact) mass is 608 g/mol. The molecule has 0 spiro atoms. The molecule has 232 valence electrons. The second kappa shape index (κ2) is 9.99. The molecule has 0 amide bonds. The number of halogens is 1. The highest BCUT2D eigenvalue weighted by molar-refractivity contribution is 5.88. The summed E-state index contributed by atoms with van der Waals surface area (Å²) in [5, 5.41) is 37.2. The summed E-state index contributed by atoms with van der Waals surface area (Å²) in [6.45, 7) is 4.21. The number of hydrogen-bond donors (Lipinski definition) is 2. The van der Waals surface area contributed by atoms with E-state index in [4.69, 9.17) is 0 Å². The molecule has 0 saturated heterocycles. The minimum absolute atomic E-state index is 0.00713. The van der Waals surface area contributed by atoms with Gasteiger partial charge in [-0.1, -0.05) is 24.6 Å². The average Bonchev–Trinajstić information content (AvgIpc) is 3.73. The summed E-state index contributed by atoms with van der Waals surface area (Å²) in [4.78, 5) is 18.0. The molecule has 1 aromatic carbocycles. The summed E-state index contributed by atoms with van der Waals surface area (Å²) in [7, 11) is 0. The summed E-state index contributed by atoms with van der Waals surface area (Å²) in [5.41, 5.74) is 3.11. The van der Waals surface area contributed by atoms with E-state index in [2.05, 4.69) is 33.4 Å². The predicted octanol–water partition coefficient (Wildman–Crippen LogP) is 4.82. The lowest BCUT2D eigenvalue weighted by Gasteiger charge is -2.60. The number of hydrogen-bond acceptors (Lipinski definition) is 7. The number of aliphatic hydroxyl groups excluding tert-OH is 1. The zero-order chi connectivity index (χ0) is 31.1. The lowest BCUT2D eigenvalue weighted by atomic mass is 9.45.